The number of hydrogen-bond acceptors (Lipinski definition) is 3. The maximum Gasteiger partial charge on any atom is 0.144 e. The minimum Gasteiger partial charge on any atom is -0.345 e. The van der Waals surface area contributed by atoms with Gasteiger partial charge in [-0.3, -0.25) is 0 Å². The average Bonchev–Trinajstić information content (AvgIpc) is 3.26. The maximum absolute atomic E-state index is 5.34. The van der Waals surface area contributed by atoms with Crippen molar-refractivity contribution >= 4 is 39.9 Å². The molecule has 0 spiro atoms. The summed E-state index contributed by atoms with van der Waals surface area (Å²) in [5, 5.41) is 0. The maximum atomic E-state index is 5.34. The molecule has 0 radical (unpaired) electrons. The van der Waals surface area contributed by atoms with E-state index >= 15 is 0 Å². The first kappa shape index (κ1) is 14.3. The van der Waals surface area contributed by atoms with E-state index in [0.29, 0.717) is 10.6 Å². The van der Waals surface area contributed by atoms with Crippen molar-refractivity contribution in [1.82, 2.24) is 9.97 Å². The van der Waals surface area contributed by atoms with E-state index in [0.717, 1.165) is 16.0 Å². The van der Waals surface area contributed by atoms with E-state index in [1.54, 1.807) is 11.8 Å². The number of hydrogen-bond donors (Lipinski definition) is 1. The van der Waals surface area contributed by atoms with Crippen LogP contribution in [-0.4, -0.2) is 9.97 Å². The molecule has 1 aromatic carbocycles. The molecule has 2 aromatic rings. The van der Waals surface area contributed by atoms with Gasteiger partial charge >= 0.3 is 0 Å². The van der Waals surface area contributed by atoms with Crippen molar-refractivity contribution in [3.63, 3.8) is 0 Å². The van der Waals surface area contributed by atoms with Gasteiger partial charge in [0.1, 0.15) is 10.5 Å². The fourth-order valence-corrected chi connectivity index (χ4v) is 3.53. The van der Waals surface area contributed by atoms with Gasteiger partial charge in [0.15, 0.2) is 0 Å². The molecule has 0 saturated heterocycles. The van der Waals surface area contributed by atoms with Crippen LogP contribution in [0.3, 0.4) is 0 Å². The molecule has 1 heterocycles. The van der Waals surface area contributed by atoms with Gasteiger partial charge in [-0.2, -0.15) is 0 Å². The number of rotatable bonds is 4. The third kappa shape index (κ3) is 3.32. The highest BCUT2D eigenvalue weighted by Crippen LogP contribution is 2.42. The van der Waals surface area contributed by atoms with Gasteiger partial charge in [-0.25, -0.2) is 4.98 Å². The van der Waals surface area contributed by atoms with Crippen molar-refractivity contribution in [2.45, 2.75) is 36.3 Å². The Labute approximate surface area is 136 Å². The van der Waals surface area contributed by atoms with Crippen LogP contribution in [0.4, 0.5) is 0 Å². The Hall–Kier alpha value is -0.650. The van der Waals surface area contributed by atoms with Gasteiger partial charge < -0.3 is 4.98 Å². The Kier molecular flexibility index (Phi) is 4.29. The van der Waals surface area contributed by atoms with Gasteiger partial charge in [-0.15, -0.1) is 11.8 Å². The fraction of sp³-hybridized carbons (Fsp3) is 0.333. The van der Waals surface area contributed by atoms with Crippen LogP contribution in [0.2, 0.25) is 0 Å². The summed E-state index contributed by atoms with van der Waals surface area (Å²) in [6.07, 6.45) is 2.50. The predicted octanol–water partition coefficient (Wildman–Crippen LogP) is 5.38. The molecule has 3 rings (SSSR count). The molecule has 1 aliphatic carbocycles. The molecule has 1 saturated carbocycles. The summed E-state index contributed by atoms with van der Waals surface area (Å²) in [5.41, 5.74) is 2.51. The van der Waals surface area contributed by atoms with Crippen LogP contribution in [0, 0.1) is 11.6 Å². The van der Waals surface area contributed by atoms with Crippen LogP contribution in [0.5, 0.6) is 0 Å². The van der Waals surface area contributed by atoms with Gasteiger partial charge in [-0.05, 0) is 47.8 Å². The fourth-order valence-electron chi connectivity index (χ4n) is 2.03. The third-order valence-electron chi connectivity index (χ3n) is 3.32. The Morgan fingerprint density at radius 3 is 2.70 bits per heavy atom. The number of benzene rings is 1. The van der Waals surface area contributed by atoms with E-state index in [1.807, 2.05) is 0 Å². The van der Waals surface area contributed by atoms with Gasteiger partial charge in [0.2, 0.25) is 0 Å². The molecule has 2 nitrogen and oxygen atoms in total. The van der Waals surface area contributed by atoms with Crippen LogP contribution < -0.4 is 0 Å². The SMILES string of the molecule is Cc1ccc(SCc2nc(=S)c(Br)c(C3CC3)[nH]2)cc1. The summed E-state index contributed by atoms with van der Waals surface area (Å²) in [6.45, 7) is 2.10. The van der Waals surface area contributed by atoms with E-state index in [9.17, 15) is 0 Å². The molecular weight excluding hydrogens is 352 g/mol. The van der Waals surface area contributed by atoms with Crippen molar-refractivity contribution in [2.75, 3.05) is 0 Å². The van der Waals surface area contributed by atoms with Crippen molar-refractivity contribution < 1.29 is 0 Å². The quantitative estimate of drug-likeness (QED) is 0.581. The van der Waals surface area contributed by atoms with E-state index in [1.165, 1.54) is 29.0 Å². The van der Waals surface area contributed by atoms with Crippen LogP contribution in [0.1, 0.15) is 35.8 Å². The minimum atomic E-state index is 0.636. The standard InChI is InChI=1S/C15H15BrN2S2/c1-9-2-6-11(7-3-9)20-8-12-17-14(10-4-5-10)13(16)15(19)18-12/h2-3,6-7,10H,4-5,8H2,1H3,(H,17,18,19). The molecule has 1 N–H and O–H groups in total. The van der Waals surface area contributed by atoms with Crippen molar-refractivity contribution in [2.24, 2.45) is 0 Å². The molecule has 0 aliphatic heterocycles. The number of nitrogens with zero attached hydrogens (tertiary/aromatic N) is 1. The number of aromatic nitrogens is 2. The zero-order valence-electron chi connectivity index (χ0n) is 11.1. The van der Waals surface area contributed by atoms with Crippen molar-refractivity contribution in [1.29, 1.82) is 0 Å². The number of nitrogens with one attached hydrogen (secondary N) is 1. The Morgan fingerprint density at radius 2 is 2.05 bits per heavy atom. The second-order valence-electron chi connectivity index (χ2n) is 5.09. The molecule has 0 atom stereocenters. The van der Waals surface area contributed by atoms with Crippen molar-refractivity contribution in [3.8, 4) is 0 Å². The van der Waals surface area contributed by atoms with Gasteiger partial charge in [0.05, 0.1) is 10.2 Å². The van der Waals surface area contributed by atoms with Gasteiger partial charge in [0.25, 0.3) is 0 Å². The van der Waals surface area contributed by atoms with E-state index < -0.39 is 0 Å². The number of H-pyrrole nitrogens is 1. The largest absolute Gasteiger partial charge is 0.345 e. The van der Waals surface area contributed by atoms with E-state index in [4.69, 9.17) is 12.2 Å². The monoisotopic (exact) mass is 366 g/mol. The predicted molar refractivity (Wildman–Crippen MR) is 89.8 cm³/mol. The average molecular weight is 367 g/mol. The molecule has 0 amide bonds. The van der Waals surface area contributed by atoms with Gasteiger partial charge in [0, 0.05) is 16.5 Å². The Morgan fingerprint density at radius 1 is 1.35 bits per heavy atom. The number of thioether (sulfide) groups is 1. The summed E-state index contributed by atoms with van der Waals surface area (Å²) < 4.78 is 1.64. The summed E-state index contributed by atoms with van der Waals surface area (Å²) in [4.78, 5) is 9.18. The lowest BCUT2D eigenvalue weighted by Crippen LogP contribution is -1.99. The summed E-state index contributed by atoms with van der Waals surface area (Å²) >= 11 is 10.7. The summed E-state index contributed by atoms with van der Waals surface area (Å²) in [6, 6.07) is 8.56. The number of aromatic amines is 1. The smallest absolute Gasteiger partial charge is 0.144 e. The molecule has 0 unspecified atom stereocenters. The second-order valence-corrected chi connectivity index (χ2v) is 7.32. The molecule has 104 valence electrons. The lowest BCUT2D eigenvalue weighted by Gasteiger charge is -2.07. The highest BCUT2D eigenvalue weighted by molar-refractivity contribution is 9.10. The van der Waals surface area contributed by atoms with Gasteiger partial charge in [-0.1, -0.05) is 29.9 Å². The Balaban J connectivity index is 1.77. The van der Waals surface area contributed by atoms with Crippen LogP contribution in [0.25, 0.3) is 0 Å². The summed E-state index contributed by atoms with van der Waals surface area (Å²) in [5.74, 6) is 2.42. The summed E-state index contributed by atoms with van der Waals surface area (Å²) in [7, 11) is 0. The Bertz CT molecular complexity index is 675. The molecular formula is C15H15BrN2S2. The molecule has 1 aliphatic rings. The van der Waals surface area contributed by atoms with Crippen LogP contribution in [0.15, 0.2) is 33.6 Å². The first-order chi connectivity index (χ1) is 9.63. The normalized spacial score (nSPS) is 14.5. The molecule has 0 bridgehead atoms. The molecule has 5 heteroatoms. The van der Waals surface area contributed by atoms with Crippen molar-refractivity contribution in [3.05, 3.63) is 50.5 Å². The topological polar surface area (TPSA) is 28.7 Å². The van der Waals surface area contributed by atoms with E-state index in [2.05, 4.69) is 57.1 Å². The van der Waals surface area contributed by atoms with E-state index in [-0.39, 0.29) is 0 Å². The first-order valence-corrected chi connectivity index (χ1v) is 8.80. The highest BCUT2D eigenvalue weighted by Gasteiger charge is 2.27. The second kappa shape index (κ2) is 6.00. The highest BCUT2D eigenvalue weighted by atomic mass is 79.9. The minimum absolute atomic E-state index is 0.636. The van der Waals surface area contributed by atoms with Crippen LogP contribution in [-0.2, 0) is 5.75 Å². The number of aryl methyl sites for hydroxylation is 1. The molecule has 1 aromatic heterocycles. The lowest BCUT2D eigenvalue weighted by atomic mass is 10.2. The third-order valence-corrected chi connectivity index (χ3v) is 5.71. The zero-order valence-corrected chi connectivity index (χ0v) is 14.4. The van der Waals surface area contributed by atoms with Crippen LogP contribution >= 0.6 is 39.9 Å². The first-order valence-electron chi connectivity index (χ1n) is 6.61. The molecule has 1 fully saturated rings. The molecule has 20 heavy (non-hydrogen) atoms. The number of halogens is 1. The zero-order chi connectivity index (χ0) is 14.1. The lowest BCUT2D eigenvalue weighted by molar-refractivity contribution is 0.912.